The number of halogens is 3. The van der Waals surface area contributed by atoms with Gasteiger partial charge in [0.2, 0.25) is 5.91 Å². The Morgan fingerprint density at radius 2 is 2.04 bits per heavy atom. The van der Waals surface area contributed by atoms with Crippen LogP contribution < -0.4 is 10.9 Å². The molecule has 0 saturated heterocycles. The molecule has 2 aromatic rings. The third-order valence-corrected chi connectivity index (χ3v) is 3.67. The zero-order chi connectivity index (χ0) is 19.2. The molecule has 2 rings (SSSR count). The number of carbonyl (C=O) groups is 1. The molecule has 0 radical (unpaired) electrons. The van der Waals surface area contributed by atoms with Crippen molar-refractivity contribution in [2.45, 2.75) is 25.6 Å². The van der Waals surface area contributed by atoms with Gasteiger partial charge in [-0.1, -0.05) is 17.3 Å². The van der Waals surface area contributed by atoms with Crippen molar-refractivity contribution in [2.24, 2.45) is 0 Å². The molecule has 0 unspecified atom stereocenters. The Morgan fingerprint density at radius 3 is 2.77 bits per heavy atom. The Morgan fingerprint density at radius 1 is 1.31 bits per heavy atom. The molecule has 1 amide bonds. The van der Waals surface area contributed by atoms with Crippen molar-refractivity contribution in [3.8, 4) is 0 Å². The molecular formula is C16H20F3N5O2. The van der Waals surface area contributed by atoms with E-state index in [0.29, 0.717) is 17.3 Å². The largest absolute Gasteiger partial charge is 0.401 e. The lowest BCUT2D eigenvalue weighted by Gasteiger charge is -2.18. The van der Waals surface area contributed by atoms with Crippen LogP contribution >= 0.6 is 0 Å². The number of nitrogens with one attached hydrogen (secondary N) is 1. The number of aromatic nitrogens is 3. The lowest BCUT2D eigenvalue weighted by atomic mass is 10.2. The van der Waals surface area contributed by atoms with Gasteiger partial charge < -0.3 is 5.32 Å². The van der Waals surface area contributed by atoms with Crippen molar-refractivity contribution in [2.75, 3.05) is 26.7 Å². The second-order valence-corrected chi connectivity index (χ2v) is 5.94. The summed E-state index contributed by atoms with van der Waals surface area (Å²) in [6.07, 6.45) is -3.80. The molecule has 0 aliphatic heterocycles. The molecule has 7 nitrogen and oxygen atoms in total. The number of rotatable bonds is 8. The van der Waals surface area contributed by atoms with Gasteiger partial charge in [-0.25, -0.2) is 4.68 Å². The molecule has 1 aromatic heterocycles. The predicted octanol–water partition coefficient (Wildman–Crippen LogP) is 1.18. The average molecular weight is 371 g/mol. The van der Waals surface area contributed by atoms with Gasteiger partial charge in [0.15, 0.2) is 0 Å². The third-order valence-electron chi connectivity index (χ3n) is 3.67. The van der Waals surface area contributed by atoms with Gasteiger partial charge in [0.1, 0.15) is 5.52 Å². The first-order valence-corrected chi connectivity index (χ1v) is 8.11. The average Bonchev–Trinajstić information content (AvgIpc) is 2.57. The van der Waals surface area contributed by atoms with Gasteiger partial charge in [0.05, 0.1) is 18.5 Å². The third kappa shape index (κ3) is 6.10. The van der Waals surface area contributed by atoms with Crippen LogP contribution in [0.4, 0.5) is 13.2 Å². The summed E-state index contributed by atoms with van der Waals surface area (Å²) < 4.78 is 37.7. The SMILES string of the molecule is CN(CCCNC(=O)CCn1nnc2ccccc2c1=O)CC(F)(F)F. The van der Waals surface area contributed by atoms with Crippen LogP contribution in [0.15, 0.2) is 29.1 Å². The molecule has 26 heavy (non-hydrogen) atoms. The van der Waals surface area contributed by atoms with E-state index < -0.39 is 12.7 Å². The summed E-state index contributed by atoms with van der Waals surface area (Å²) in [5.41, 5.74) is 0.165. The van der Waals surface area contributed by atoms with Crippen LogP contribution in [-0.4, -0.2) is 58.7 Å². The smallest absolute Gasteiger partial charge is 0.356 e. The zero-order valence-corrected chi connectivity index (χ0v) is 14.3. The zero-order valence-electron chi connectivity index (χ0n) is 14.3. The van der Waals surface area contributed by atoms with E-state index in [0.717, 1.165) is 9.58 Å². The first-order chi connectivity index (χ1) is 12.3. The molecule has 10 heteroatoms. The van der Waals surface area contributed by atoms with Crippen LogP contribution in [0.3, 0.4) is 0 Å². The number of aryl methyl sites for hydroxylation is 1. The molecule has 0 aliphatic carbocycles. The molecule has 0 fully saturated rings. The predicted molar refractivity (Wildman–Crippen MR) is 89.6 cm³/mol. The highest BCUT2D eigenvalue weighted by Crippen LogP contribution is 2.15. The molecule has 1 N–H and O–H groups in total. The van der Waals surface area contributed by atoms with E-state index in [2.05, 4.69) is 15.6 Å². The summed E-state index contributed by atoms with van der Waals surface area (Å²) in [4.78, 5) is 25.2. The Kier molecular flexibility index (Phi) is 6.67. The first kappa shape index (κ1) is 19.8. The van der Waals surface area contributed by atoms with Crippen LogP contribution in [0.1, 0.15) is 12.8 Å². The van der Waals surface area contributed by atoms with E-state index >= 15 is 0 Å². The Bertz CT molecular complexity index is 806. The fraction of sp³-hybridized carbons (Fsp3) is 0.500. The summed E-state index contributed by atoms with van der Waals surface area (Å²) in [6, 6.07) is 6.79. The molecule has 0 spiro atoms. The second kappa shape index (κ2) is 8.75. The van der Waals surface area contributed by atoms with Crippen molar-refractivity contribution in [1.82, 2.24) is 25.2 Å². The normalized spacial score (nSPS) is 11.9. The monoisotopic (exact) mass is 371 g/mol. The van der Waals surface area contributed by atoms with Gasteiger partial charge in [0, 0.05) is 13.0 Å². The van der Waals surface area contributed by atoms with Crippen molar-refractivity contribution < 1.29 is 18.0 Å². The van der Waals surface area contributed by atoms with E-state index in [4.69, 9.17) is 0 Å². The summed E-state index contributed by atoms with van der Waals surface area (Å²) in [5, 5.41) is 10.8. The Labute approximate surface area is 147 Å². The minimum absolute atomic E-state index is 0.0331. The van der Waals surface area contributed by atoms with Gasteiger partial charge >= 0.3 is 6.18 Å². The van der Waals surface area contributed by atoms with E-state index in [1.165, 1.54) is 7.05 Å². The summed E-state index contributed by atoms with van der Waals surface area (Å²) in [5.74, 6) is -0.301. The van der Waals surface area contributed by atoms with Crippen molar-refractivity contribution in [1.29, 1.82) is 0 Å². The van der Waals surface area contributed by atoms with Crippen molar-refractivity contribution >= 4 is 16.8 Å². The highest BCUT2D eigenvalue weighted by atomic mass is 19.4. The molecule has 1 aromatic carbocycles. The fourth-order valence-electron chi connectivity index (χ4n) is 2.43. The van der Waals surface area contributed by atoms with Crippen molar-refractivity contribution in [3.63, 3.8) is 0 Å². The summed E-state index contributed by atoms with van der Waals surface area (Å²) >= 11 is 0. The molecular weight excluding hydrogens is 351 g/mol. The number of alkyl halides is 3. The summed E-state index contributed by atoms with van der Waals surface area (Å²) in [6.45, 7) is -0.421. The van der Waals surface area contributed by atoms with Crippen molar-refractivity contribution in [3.05, 3.63) is 34.6 Å². The Hall–Kier alpha value is -2.49. The number of carbonyl (C=O) groups excluding carboxylic acids is 1. The van der Waals surface area contributed by atoms with Crippen LogP contribution in [0.25, 0.3) is 10.9 Å². The van der Waals surface area contributed by atoms with E-state index in [1.54, 1.807) is 24.3 Å². The number of fused-ring (bicyclic) bond motifs is 1. The number of amides is 1. The summed E-state index contributed by atoms with van der Waals surface area (Å²) in [7, 11) is 1.38. The van der Waals surface area contributed by atoms with Gasteiger partial charge in [0.25, 0.3) is 5.56 Å². The molecule has 142 valence electrons. The van der Waals surface area contributed by atoms with Crippen LogP contribution in [-0.2, 0) is 11.3 Å². The second-order valence-electron chi connectivity index (χ2n) is 5.94. The van der Waals surface area contributed by atoms with Crippen LogP contribution in [0, 0.1) is 0 Å². The van der Waals surface area contributed by atoms with Gasteiger partial charge in [-0.3, -0.25) is 14.5 Å². The Balaban J connectivity index is 1.74. The molecule has 1 heterocycles. The number of hydrogen-bond donors (Lipinski definition) is 1. The molecule has 0 bridgehead atoms. The fourth-order valence-corrected chi connectivity index (χ4v) is 2.43. The van der Waals surface area contributed by atoms with Gasteiger partial charge in [-0.2, -0.15) is 13.2 Å². The lowest BCUT2D eigenvalue weighted by Crippen LogP contribution is -2.34. The quantitative estimate of drug-likeness (QED) is 0.705. The van der Waals surface area contributed by atoms with Gasteiger partial charge in [-0.15, -0.1) is 5.10 Å². The maximum Gasteiger partial charge on any atom is 0.401 e. The lowest BCUT2D eigenvalue weighted by molar-refractivity contribution is -0.143. The van der Waals surface area contributed by atoms with Crippen LogP contribution in [0.2, 0.25) is 0 Å². The maximum atomic E-state index is 12.2. The van der Waals surface area contributed by atoms with E-state index in [-0.39, 0.29) is 37.5 Å². The first-order valence-electron chi connectivity index (χ1n) is 8.11. The van der Waals surface area contributed by atoms with Gasteiger partial charge in [-0.05, 0) is 32.1 Å². The van der Waals surface area contributed by atoms with E-state index in [9.17, 15) is 22.8 Å². The molecule has 0 aliphatic rings. The topological polar surface area (TPSA) is 80.1 Å². The maximum absolute atomic E-state index is 12.2. The minimum Gasteiger partial charge on any atom is -0.356 e. The van der Waals surface area contributed by atoms with Crippen LogP contribution in [0.5, 0.6) is 0 Å². The number of nitrogens with zero attached hydrogens (tertiary/aromatic N) is 4. The molecule has 0 saturated carbocycles. The highest BCUT2D eigenvalue weighted by Gasteiger charge is 2.28. The highest BCUT2D eigenvalue weighted by molar-refractivity contribution is 5.77. The number of benzene rings is 1. The van der Waals surface area contributed by atoms with E-state index in [1.807, 2.05) is 0 Å². The standard InChI is InChI=1S/C16H20F3N5O2/c1-23(11-16(17,18)19)9-4-8-20-14(25)7-10-24-15(26)12-5-2-3-6-13(12)21-22-24/h2-3,5-6H,4,7-11H2,1H3,(H,20,25). The number of hydrogen-bond acceptors (Lipinski definition) is 5. The molecule has 0 atom stereocenters. The minimum atomic E-state index is -4.23.